The van der Waals surface area contributed by atoms with E-state index in [1.165, 1.54) is 12.1 Å². The summed E-state index contributed by atoms with van der Waals surface area (Å²) in [7, 11) is -3.89. The lowest BCUT2D eigenvalue weighted by atomic mass is 10.2. The van der Waals surface area contributed by atoms with Crippen LogP contribution in [0, 0.1) is 0 Å². The number of hydrazine groups is 1. The zero-order valence-electron chi connectivity index (χ0n) is 15.0. The number of para-hydroxylation sites is 1. The fourth-order valence-corrected chi connectivity index (χ4v) is 2.97. The summed E-state index contributed by atoms with van der Waals surface area (Å²) < 4.78 is 34.9. The third-order valence-electron chi connectivity index (χ3n) is 3.63. The summed E-state index contributed by atoms with van der Waals surface area (Å²) in [5.41, 5.74) is 2.73. The zero-order valence-corrected chi connectivity index (χ0v) is 16.6. The number of carbonyl (C=O) groups is 1. The Balaban J connectivity index is 1.52. The molecule has 0 aliphatic heterocycles. The summed E-state index contributed by atoms with van der Waals surface area (Å²) >= 11 is 5.78. The fourth-order valence-electron chi connectivity index (χ4n) is 2.20. The SMILES string of the molecule is O=C(NNS(=O)(=O)/C=C/c1ccc(Cl)cc1)c1ccc(COc2ccccc2)o1. The first-order chi connectivity index (χ1) is 13.9. The molecule has 29 heavy (non-hydrogen) atoms. The number of halogens is 1. The molecule has 9 heteroatoms. The van der Waals surface area contributed by atoms with Crippen molar-refractivity contribution in [1.82, 2.24) is 10.3 Å². The van der Waals surface area contributed by atoms with Gasteiger partial charge in [-0.15, -0.1) is 4.83 Å². The predicted molar refractivity (Wildman–Crippen MR) is 109 cm³/mol. The standard InChI is InChI=1S/C20H17ClN2O5S/c21-16-8-6-15(7-9-16)12-13-29(25,26)23-22-20(24)19-11-10-18(28-19)14-27-17-4-2-1-3-5-17/h1-13,23H,14H2,(H,22,24)/b13-12+. The number of amides is 1. The Morgan fingerprint density at radius 3 is 2.48 bits per heavy atom. The molecule has 0 aliphatic rings. The minimum absolute atomic E-state index is 0.0546. The van der Waals surface area contributed by atoms with Gasteiger partial charge in [-0.05, 0) is 48.0 Å². The largest absolute Gasteiger partial charge is 0.486 e. The third kappa shape index (κ3) is 6.49. The van der Waals surface area contributed by atoms with Gasteiger partial charge in [0.1, 0.15) is 18.1 Å². The molecule has 0 radical (unpaired) electrons. The van der Waals surface area contributed by atoms with Gasteiger partial charge in [0.05, 0.1) is 0 Å². The van der Waals surface area contributed by atoms with Gasteiger partial charge in [-0.1, -0.05) is 41.9 Å². The van der Waals surface area contributed by atoms with Gasteiger partial charge in [0.25, 0.3) is 10.0 Å². The number of furan rings is 1. The van der Waals surface area contributed by atoms with Crippen LogP contribution in [0.1, 0.15) is 21.9 Å². The van der Waals surface area contributed by atoms with E-state index in [9.17, 15) is 13.2 Å². The second-order valence-corrected chi connectivity index (χ2v) is 7.83. The van der Waals surface area contributed by atoms with E-state index in [1.807, 2.05) is 23.0 Å². The quantitative estimate of drug-likeness (QED) is 0.528. The Morgan fingerprint density at radius 2 is 1.76 bits per heavy atom. The first kappa shape index (κ1) is 20.7. The summed E-state index contributed by atoms with van der Waals surface area (Å²) in [6, 6.07) is 18.7. The molecular weight excluding hydrogens is 416 g/mol. The van der Waals surface area contributed by atoms with Crippen LogP contribution in [0.3, 0.4) is 0 Å². The minimum Gasteiger partial charge on any atom is -0.486 e. The highest BCUT2D eigenvalue weighted by atomic mass is 35.5. The fraction of sp³-hybridized carbons (Fsp3) is 0.0500. The number of carbonyl (C=O) groups excluding carboxylic acids is 1. The van der Waals surface area contributed by atoms with Crippen LogP contribution < -0.4 is 15.0 Å². The Kier molecular flexibility index (Phi) is 6.71. The highest BCUT2D eigenvalue weighted by molar-refractivity contribution is 7.92. The first-order valence-electron chi connectivity index (χ1n) is 8.44. The number of sulfonamides is 1. The topological polar surface area (TPSA) is 97.6 Å². The van der Waals surface area contributed by atoms with E-state index in [4.69, 9.17) is 20.8 Å². The molecule has 3 aromatic rings. The van der Waals surface area contributed by atoms with Gasteiger partial charge in [0.15, 0.2) is 5.76 Å². The van der Waals surface area contributed by atoms with Crippen LogP contribution in [0.15, 0.2) is 76.6 Å². The Labute approximate surface area is 173 Å². The van der Waals surface area contributed by atoms with Crippen molar-refractivity contribution in [3.63, 3.8) is 0 Å². The maximum Gasteiger partial charge on any atom is 0.301 e. The maximum atomic E-state index is 12.1. The van der Waals surface area contributed by atoms with E-state index >= 15 is 0 Å². The Morgan fingerprint density at radius 1 is 1.03 bits per heavy atom. The summed E-state index contributed by atoms with van der Waals surface area (Å²) in [5.74, 6) is 0.292. The molecule has 1 heterocycles. The molecule has 0 saturated carbocycles. The Hall–Kier alpha value is -3.07. The van der Waals surface area contributed by atoms with Crippen LogP contribution in [0.25, 0.3) is 6.08 Å². The van der Waals surface area contributed by atoms with Crippen LogP contribution in [0.5, 0.6) is 5.75 Å². The van der Waals surface area contributed by atoms with Gasteiger partial charge in [0.2, 0.25) is 0 Å². The molecule has 0 atom stereocenters. The molecule has 0 aliphatic carbocycles. The number of hydrogen-bond donors (Lipinski definition) is 2. The summed E-state index contributed by atoms with van der Waals surface area (Å²) in [6.45, 7) is 0.132. The molecule has 0 bridgehead atoms. The smallest absolute Gasteiger partial charge is 0.301 e. The van der Waals surface area contributed by atoms with E-state index in [0.717, 1.165) is 5.41 Å². The van der Waals surface area contributed by atoms with E-state index in [-0.39, 0.29) is 12.4 Å². The molecule has 0 fully saturated rings. The van der Waals surface area contributed by atoms with E-state index in [1.54, 1.807) is 42.5 Å². The van der Waals surface area contributed by atoms with Crippen molar-refractivity contribution in [2.24, 2.45) is 0 Å². The normalized spacial score (nSPS) is 11.5. The molecule has 1 amide bonds. The molecule has 0 saturated heterocycles. The van der Waals surface area contributed by atoms with Gasteiger partial charge in [-0.2, -0.15) is 0 Å². The van der Waals surface area contributed by atoms with Crippen molar-refractivity contribution in [3.8, 4) is 5.75 Å². The highest BCUT2D eigenvalue weighted by Crippen LogP contribution is 2.14. The number of rotatable bonds is 8. The number of benzene rings is 2. The molecule has 1 aromatic heterocycles. The van der Waals surface area contributed by atoms with Crippen molar-refractivity contribution < 1.29 is 22.4 Å². The monoisotopic (exact) mass is 432 g/mol. The molecule has 3 rings (SSSR count). The first-order valence-corrected chi connectivity index (χ1v) is 10.4. The van der Waals surface area contributed by atoms with Crippen LogP contribution >= 0.6 is 11.6 Å². The van der Waals surface area contributed by atoms with Crippen molar-refractivity contribution in [3.05, 3.63) is 94.2 Å². The molecule has 7 nitrogen and oxygen atoms in total. The average Bonchev–Trinajstić information content (AvgIpc) is 3.20. The van der Waals surface area contributed by atoms with Gasteiger partial charge in [-0.25, -0.2) is 8.42 Å². The van der Waals surface area contributed by atoms with Crippen LogP contribution in [0.2, 0.25) is 5.02 Å². The van der Waals surface area contributed by atoms with Crippen LogP contribution in [-0.2, 0) is 16.6 Å². The van der Waals surface area contributed by atoms with Gasteiger partial charge >= 0.3 is 5.91 Å². The lowest BCUT2D eigenvalue weighted by Gasteiger charge is -2.04. The van der Waals surface area contributed by atoms with Gasteiger partial charge < -0.3 is 9.15 Å². The lowest BCUT2D eigenvalue weighted by Crippen LogP contribution is -2.40. The summed E-state index contributed by atoms with van der Waals surface area (Å²) in [5, 5.41) is 1.47. The summed E-state index contributed by atoms with van der Waals surface area (Å²) in [6.07, 6.45) is 1.37. The van der Waals surface area contributed by atoms with Crippen molar-refractivity contribution in [2.75, 3.05) is 0 Å². The number of nitrogens with one attached hydrogen (secondary N) is 2. The lowest BCUT2D eigenvalue weighted by molar-refractivity contribution is 0.0913. The molecule has 0 spiro atoms. The van der Waals surface area contributed by atoms with Gasteiger partial charge in [0, 0.05) is 10.4 Å². The second kappa shape index (κ2) is 9.42. The number of ether oxygens (including phenoxy) is 1. The molecule has 2 aromatic carbocycles. The minimum atomic E-state index is -3.89. The highest BCUT2D eigenvalue weighted by Gasteiger charge is 2.14. The van der Waals surface area contributed by atoms with E-state index in [0.29, 0.717) is 22.1 Å². The maximum absolute atomic E-state index is 12.1. The van der Waals surface area contributed by atoms with Crippen molar-refractivity contribution in [1.29, 1.82) is 0 Å². The average molecular weight is 433 g/mol. The molecule has 150 valence electrons. The van der Waals surface area contributed by atoms with Gasteiger partial charge in [-0.3, -0.25) is 10.2 Å². The zero-order chi connectivity index (χ0) is 20.7. The van der Waals surface area contributed by atoms with Crippen molar-refractivity contribution >= 4 is 33.6 Å². The van der Waals surface area contributed by atoms with E-state index in [2.05, 4.69) is 5.43 Å². The van der Waals surface area contributed by atoms with Crippen LogP contribution in [-0.4, -0.2) is 14.3 Å². The molecular formula is C20H17ClN2O5S. The summed E-state index contributed by atoms with van der Waals surface area (Å²) in [4.78, 5) is 14.1. The molecule has 0 unspecified atom stereocenters. The van der Waals surface area contributed by atoms with E-state index < -0.39 is 15.9 Å². The Bertz CT molecular complexity index is 1090. The molecule has 2 N–H and O–H groups in total. The van der Waals surface area contributed by atoms with Crippen molar-refractivity contribution in [2.45, 2.75) is 6.61 Å². The number of hydrogen-bond acceptors (Lipinski definition) is 5. The third-order valence-corrected chi connectivity index (χ3v) is 4.76. The second-order valence-electron chi connectivity index (χ2n) is 5.82. The van der Waals surface area contributed by atoms with Crippen LogP contribution in [0.4, 0.5) is 0 Å². The predicted octanol–water partition coefficient (Wildman–Crippen LogP) is 3.75.